The molecule has 2 rings (SSSR count). The number of hydrogen-bond donors (Lipinski definition) is 2. The summed E-state index contributed by atoms with van der Waals surface area (Å²) in [6.07, 6.45) is 1.44. The van der Waals surface area contributed by atoms with Gasteiger partial charge in [-0.05, 0) is 46.3 Å². The highest BCUT2D eigenvalue weighted by molar-refractivity contribution is 9.10. The van der Waals surface area contributed by atoms with Crippen LogP contribution in [-0.2, 0) is 4.79 Å². The maximum Gasteiger partial charge on any atom is 0.259 e. The Morgan fingerprint density at radius 2 is 1.53 bits per heavy atom. The van der Waals surface area contributed by atoms with Gasteiger partial charge in [-0.25, -0.2) is 5.43 Å². The molecule has 2 aromatic rings. The van der Waals surface area contributed by atoms with Crippen LogP contribution in [0, 0.1) is 0 Å². The molecule has 0 aromatic heterocycles. The molecule has 2 N–H and O–H groups in total. The van der Waals surface area contributed by atoms with Crippen molar-refractivity contribution in [3.63, 3.8) is 0 Å². The summed E-state index contributed by atoms with van der Waals surface area (Å²) in [7, 11) is 6.04. The maximum atomic E-state index is 12.2. The monoisotopic (exact) mass is 479 g/mol. The molecular formula is C20H22BrN3O6. The molecular weight excluding hydrogens is 458 g/mol. The second-order valence-electron chi connectivity index (χ2n) is 5.77. The standard InChI is InChI=1S/C20H22BrN3O6/c1-27-15-6-5-12(7-16(15)28-2)20(26)22-11-19(25)24-23-10-13-8-17(29-3)18(30-4)9-14(13)21/h5-10H,11H2,1-4H3,(H,22,26)(H,24,25). The number of nitrogens with one attached hydrogen (secondary N) is 2. The van der Waals surface area contributed by atoms with E-state index in [2.05, 4.69) is 31.8 Å². The van der Waals surface area contributed by atoms with Crippen molar-refractivity contribution in [1.82, 2.24) is 10.7 Å². The number of amides is 2. The Hall–Kier alpha value is -3.27. The average Bonchev–Trinajstić information content (AvgIpc) is 2.77. The summed E-state index contributed by atoms with van der Waals surface area (Å²) in [4.78, 5) is 24.2. The van der Waals surface area contributed by atoms with Gasteiger partial charge in [-0.1, -0.05) is 0 Å². The Kier molecular flexibility index (Phi) is 8.48. The van der Waals surface area contributed by atoms with Gasteiger partial charge in [-0.15, -0.1) is 0 Å². The number of benzene rings is 2. The minimum Gasteiger partial charge on any atom is -0.493 e. The summed E-state index contributed by atoms with van der Waals surface area (Å²) in [5.41, 5.74) is 3.35. The Balaban J connectivity index is 1.93. The SMILES string of the molecule is COc1ccc(C(=O)NCC(=O)NN=Cc2cc(OC)c(OC)cc2Br)cc1OC. The molecule has 0 radical (unpaired) electrons. The Morgan fingerprint density at radius 1 is 0.933 bits per heavy atom. The highest BCUT2D eigenvalue weighted by atomic mass is 79.9. The van der Waals surface area contributed by atoms with Gasteiger partial charge >= 0.3 is 0 Å². The van der Waals surface area contributed by atoms with Gasteiger partial charge in [0.2, 0.25) is 0 Å². The molecule has 9 nitrogen and oxygen atoms in total. The quantitative estimate of drug-likeness (QED) is 0.422. The van der Waals surface area contributed by atoms with Crippen molar-refractivity contribution >= 4 is 34.0 Å². The molecule has 0 spiro atoms. The predicted octanol–water partition coefficient (Wildman–Crippen LogP) is 2.36. The number of methoxy groups -OCH3 is 4. The van der Waals surface area contributed by atoms with Crippen molar-refractivity contribution in [1.29, 1.82) is 0 Å². The number of nitrogens with zero attached hydrogens (tertiary/aromatic N) is 1. The van der Waals surface area contributed by atoms with Gasteiger partial charge in [0, 0.05) is 15.6 Å². The zero-order valence-corrected chi connectivity index (χ0v) is 18.5. The number of hydrogen-bond acceptors (Lipinski definition) is 7. The van der Waals surface area contributed by atoms with Crippen LogP contribution in [-0.4, -0.2) is 53.0 Å². The first kappa shape index (κ1) is 23.0. The summed E-state index contributed by atoms with van der Waals surface area (Å²) in [5.74, 6) is 1.08. The highest BCUT2D eigenvalue weighted by Gasteiger charge is 2.12. The zero-order chi connectivity index (χ0) is 22.1. The highest BCUT2D eigenvalue weighted by Crippen LogP contribution is 2.32. The lowest BCUT2D eigenvalue weighted by atomic mass is 10.2. The molecule has 160 valence electrons. The Bertz CT molecular complexity index is 948. The van der Waals surface area contributed by atoms with Crippen LogP contribution in [0.3, 0.4) is 0 Å². The summed E-state index contributed by atoms with van der Waals surface area (Å²) >= 11 is 3.40. The predicted molar refractivity (Wildman–Crippen MR) is 115 cm³/mol. The van der Waals surface area contributed by atoms with Crippen LogP contribution in [0.4, 0.5) is 0 Å². The van der Waals surface area contributed by atoms with Gasteiger partial charge in [0.1, 0.15) is 0 Å². The van der Waals surface area contributed by atoms with Gasteiger partial charge in [-0.3, -0.25) is 9.59 Å². The second kappa shape index (κ2) is 11.1. The van der Waals surface area contributed by atoms with Crippen molar-refractivity contribution in [2.24, 2.45) is 5.10 Å². The largest absolute Gasteiger partial charge is 0.493 e. The van der Waals surface area contributed by atoms with Crippen molar-refractivity contribution in [3.8, 4) is 23.0 Å². The van der Waals surface area contributed by atoms with Crippen molar-refractivity contribution in [2.75, 3.05) is 35.0 Å². The molecule has 0 aliphatic carbocycles. The number of carbonyl (C=O) groups is 2. The number of carbonyl (C=O) groups excluding carboxylic acids is 2. The fourth-order valence-electron chi connectivity index (χ4n) is 2.42. The Labute approximate surface area is 182 Å². The van der Waals surface area contributed by atoms with E-state index in [0.29, 0.717) is 38.6 Å². The van der Waals surface area contributed by atoms with Crippen molar-refractivity contribution in [2.45, 2.75) is 0 Å². The van der Waals surface area contributed by atoms with Crippen LogP contribution in [0.15, 0.2) is 39.9 Å². The van der Waals surface area contributed by atoms with Gasteiger partial charge in [0.25, 0.3) is 11.8 Å². The van der Waals surface area contributed by atoms with Crippen molar-refractivity contribution < 1.29 is 28.5 Å². The first-order chi connectivity index (χ1) is 14.4. The topological polar surface area (TPSA) is 107 Å². The molecule has 0 aliphatic heterocycles. The third-order valence-electron chi connectivity index (χ3n) is 3.95. The maximum absolute atomic E-state index is 12.2. The lowest BCUT2D eigenvalue weighted by molar-refractivity contribution is -0.120. The lowest BCUT2D eigenvalue weighted by Crippen LogP contribution is -2.34. The minimum absolute atomic E-state index is 0.252. The molecule has 0 saturated heterocycles. The van der Waals surface area contributed by atoms with E-state index >= 15 is 0 Å². The zero-order valence-electron chi connectivity index (χ0n) is 16.9. The molecule has 0 bridgehead atoms. The van der Waals surface area contributed by atoms with Crippen LogP contribution in [0.25, 0.3) is 0 Å². The van der Waals surface area contributed by atoms with E-state index in [0.717, 1.165) is 0 Å². The van der Waals surface area contributed by atoms with Gasteiger partial charge < -0.3 is 24.3 Å². The molecule has 0 aliphatic rings. The van der Waals surface area contributed by atoms with E-state index in [9.17, 15) is 9.59 Å². The number of halogens is 1. The molecule has 0 unspecified atom stereocenters. The van der Waals surface area contributed by atoms with E-state index in [4.69, 9.17) is 18.9 Å². The summed E-state index contributed by atoms with van der Waals surface area (Å²) in [6, 6.07) is 8.14. The van der Waals surface area contributed by atoms with Gasteiger partial charge in [0.05, 0.1) is 41.2 Å². The number of rotatable bonds is 9. The molecule has 2 amide bonds. The first-order valence-corrected chi connectivity index (χ1v) is 9.46. The average molecular weight is 480 g/mol. The molecule has 0 heterocycles. The Morgan fingerprint density at radius 3 is 2.17 bits per heavy atom. The van der Waals surface area contributed by atoms with E-state index in [1.165, 1.54) is 40.7 Å². The third kappa shape index (κ3) is 5.86. The van der Waals surface area contributed by atoms with Crippen LogP contribution in [0.5, 0.6) is 23.0 Å². The van der Waals surface area contributed by atoms with E-state index < -0.39 is 11.8 Å². The third-order valence-corrected chi connectivity index (χ3v) is 4.64. The molecule has 30 heavy (non-hydrogen) atoms. The van der Waals surface area contributed by atoms with Crippen molar-refractivity contribution in [3.05, 3.63) is 45.9 Å². The fourth-order valence-corrected chi connectivity index (χ4v) is 2.85. The van der Waals surface area contributed by atoms with E-state index in [1.54, 1.807) is 24.3 Å². The number of hydrazone groups is 1. The van der Waals surface area contributed by atoms with E-state index in [-0.39, 0.29) is 6.54 Å². The minimum atomic E-state index is -0.489. The number of ether oxygens (including phenoxy) is 4. The van der Waals surface area contributed by atoms with E-state index in [1.807, 2.05) is 0 Å². The van der Waals surface area contributed by atoms with Crippen LogP contribution < -0.4 is 29.7 Å². The van der Waals surface area contributed by atoms with Crippen LogP contribution in [0.1, 0.15) is 15.9 Å². The van der Waals surface area contributed by atoms with Gasteiger partial charge in [-0.2, -0.15) is 5.10 Å². The molecule has 0 fully saturated rings. The van der Waals surface area contributed by atoms with Gasteiger partial charge in [0.15, 0.2) is 23.0 Å². The first-order valence-electron chi connectivity index (χ1n) is 8.67. The summed E-state index contributed by atoms with van der Waals surface area (Å²) in [6.45, 7) is -0.252. The summed E-state index contributed by atoms with van der Waals surface area (Å²) in [5, 5.41) is 6.41. The van der Waals surface area contributed by atoms with Crippen LogP contribution in [0.2, 0.25) is 0 Å². The fraction of sp³-hybridized carbons (Fsp3) is 0.250. The summed E-state index contributed by atoms with van der Waals surface area (Å²) < 4.78 is 21.5. The van der Waals surface area contributed by atoms with Crippen LogP contribution >= 0.6 is 15.9 Å². The molecule has 2 aromatic carbocycles. The second-order valence-corrected chi connectivity index (χ2v) is 6.63. The lowest BCUT2D eigenvalue weighted by Gasteiger charge is -2.10. The normalized spacial score (nSPS) is 10.4. The molecule has 0 atom stereocenters. The molecule has 0 saturated carbocycles. The molecule has 10 heteroatoms. The smallest absolute Gasteiger partial charge is 0.259 e.